The minimum absolute atomic E-state index is 0.0172. The highest BCUT2D eigenvalue weighted by atomic mass is 79.9. The van der Waals surface area contributed by atoms with Crippen molar-refractivity contribution in [2.24, 2.45) is 9.98 Å². The number of carbonyl (C=O) groups excluding carboxylic acids is 3. The summed E-state index contributed by atoms with van der Waals surface area (Å²) in [5.41, 5.74) is 0.783. The van der Waals surface area contributed by atoms with Crippen molar-refractivity contribution in [1.29, 1.82) is 0 Å². The third-order valence-electron chi connectivity index (χ3n) is 8.99. The Morgan fingerprint density at radius 3 is 1.71 bits per heavy atom. The van der Waals surface area contributed by atoms with E-state index >= 15 is 0 Å². The zero-order chi connectivity index (χ0) is 39.8. The van der Waals surface area contributed by atoms with Gasteiger partial charge in [0.2, 0.25) is 11.9 Å². The van der Waals surface area contributed by atoms with Crippen molar-refractivity contribution >= 4 is 119 Å². The van der Waals surface area contributed by atoms with Crippen molar-refractivity contribution in [2.75, 3.05) is 22.9 Å². The summed E-state index contributed by atoms with van der Waals surface area (Å²) in [4.78, 5) is 52.1. The van der Waals surface area contributed by atoms with Crippen LogP contribution in [0, 0.1) is 0 Å². The Labute approximate surface area is 353 Å². The number of benzene rings is 4. The molecule has 3 N–H and O–H groups in total. The van der Waals surface area contributed by atoms with E-state index in [4.69, 9.17) is 46.4 Å². The monoisotopic (exact) mass is 950 g/mol. The van der Waals surface area contributed by atoms with E-state index in [1.807, 2.05) is 48.5 Å². The Morgan fingerprint density at radius 1 is 0.745 bits per heavy atom. The van der Waals surface area contributed by atoms with Crippen molar-refractivity contribution in [1.82, 2.24) is 10.2 Å². The molecule has 4 aromatic carbocycles. The summed E-state index contributed by atoms with van der Waals surface area (Å²) in [6.45, 7) is 3.27. The maximum Gasteiger partial charge on any atom is 0.260 e. The van der Waals surface area contributed by atoms with Gasteiger partial charge in [-0.05, 0) is 85.6 Å². The maximum atomic E-state index is 13.4. The molecule has 3 heterocycles. The van der Waals surface area contributed by atoms with Crippen LogP contribution in [-0.2, 0) is 27.2 Å². The molecule has 3 amide bonds. The number of carbonyl (C=O) groups is 3. The van der Waals surface area contributed by atoms with Crippen LogP contribution in [0.15, 0.2) is 104 Å². The van der Waals surface area contributed by atoms with Gasteiger partial charge in [-0.1, -0.05) is 103 Å². The minimum Gasteiger partial charge on any atom is -0.367 e. The number of guanidine groups is 2. The van der Waals surface area contributed by atoms with Gasteiger partial charge in [-0.25, -0.2) is 19.8 Å². The highest BCUT2D eigenvalue weighted by Gasteiger charge is 2.57. The molecule has 17 heteroatoms. The number of aliphatic imine (C=N–C) groups is 2. The summed E-state index contributed by atoms with van der Waals surface area (Å²) in [6, 6.07) is 25.0. The topological polar surface area (TPSA) is 138 Å². The van der Waals surface area contributed by atoms with Crippen molar-refractivity contribution in [3.8, 4) is 0 Å². The van der Waals surface area contributed by atoms with Crippen LogP contribution in [0.25, 0.3) is 0 Å². The molecule has 3 aliphatic rings. The molecule has 0 radical (unpaired) electrons. The summed E-state index contributed by atoms with van der Waals surface area (Å²) in [5.74, 6) is -0.164. The second-order valence-electron chi connectivity index (χ2n) is 13.4. The van der Waals surface area contributed by atoms with Crippen LogP contribution in [0.5, 0.6) is 0 Å². The first kappa shape index (κ1) is 41.1. The summed E-state index contributed by atoms with van der Waals surface area (Å²) < 4.78 is 1.89. The van der Waals surface area contributed by atoms with Gasteiger partial charge in [0, 0.05) is 41.9 Å². The summed E-state index contributed by atoms with van der Waals surface area (Å²) in [7, 11) is 0. The van der Waals surface area contributed by atoms with E-state index < -0.39 is 17.4 Å². The lowest BCUT2D eigenvalue weighted by molar-refractivity contribution is -0.135. The molecule has 3 aliphatic heterocycles. The molecule has 7 rings (SSSR count). The van der Waals surface area contributed by atoms with E-state index in [0.717, 1.165) is 20.1 Å². The van der Waals surface area contributed by atoms with Gasteiger partial charge in [0.25, 0.3) is 17.7 Å². The van der Waals surface area contributed by atoms with Crippen LogP contribution in [0.4, 0.5) is 11.4 Å². The number of fused-ring (bicyclic) bond motifs is 1. The van der Waals surface area contributed by atoms with E-state index in [0.29, 0.717) is 50.3 Å². The molecule has 2 saturated heterocycles. The number of nitrogens with one attached hydrogen (secondary N) is 1. The molecular weight excluding hydrogens is 922 g/mol. The smallest absolute Gasteiger partial charge is 0.260 e. The number of anilines is 2. The van der Waals surface area contributed by atoms with E-state index in [1.54, 1.807) is 50.2 Å². The van der Waals surface area contributed by atoms with Crippen molar-refractivity contribution in [3.63, 3.8) is 0 Å². The van der Waals surface area contributed by atoms with Gasteiger partial charge in [-0.2, -0.15) is 0 Å². The molecule has 0 bridgehead atoms. The van der Waals surface area contributed by atoms with Gasteiger partial charge in [0.05, 0.1) is 17.9 Å². The first-order valence-electron chi connectivity index (χ1n) is 16.6. The first-order valence-corrected chi connectivity index (χ1v) is 19.7. The van der Waals surface area contributed by atoms with E-state index in [9.17, 15) is 24.6 Å². The number of amides is 3. The largest absolute Gasteiger partial charge is 0.367 e. The molecule has 0 unspecified atom stereocenters. The summed E-state index contributed by atoms with van der Waals surface area (Å²) in [5, 5.41) is 23.1. The van der Waals surface area contributed by atoms with E-state index in [-0.39, 0.29) is 36.8 Å². The second-order valence-corrected chi connectivity index (χ2v) is 16.9. The molecule has 55 heavy (non-hydrogen) atoms. The quantitative estimate of drug-likeness (QED) is 0.155. The lowest BCUT2D eigenvalue weighted by Crippen LogP contribution is -2.50. The molecule has 11 nitrogen and oxygen atoms in total. The number of halogens is 6. The Kier molecular flexibility index (Phi) is 12.3. The number of nitrogens with zero attached hydrogens (tertiary/aromatic N) is 5. The average Bonchev–Trinajstić information content (AvgIpc) is 3.68. The van der Waals surface area contributed by atoms with Crippen molar-refractivity contribution < 1.29 is 24.6 Å². The molecule has 2 fully saturated rings. The third kappa shape index (κ3) is 8.89. The summed E-state index contributed by atoms with van der Waals surface area (Å²) >= 11 is 31.2. The normalized spacial score (nSPS) is 21.3. The SMILES string of the molecule is C[C@@]1(Cc2ccc(Br)cc2)C(=O)N(c2cc(Cl)cc(Cl)c2)C2=NCC(=O)N21.C[C@]1(Cc2ccc(Br)cc2)NC(=NCC(O)O)N(c2cc(Cl)cc(Cl)c2)C1=O. The molecular formula is C38H32Br2Cl4N6O5. The molecule has 2 atom stereocenters. The van der Waals surface area contributed by atoms with E-state index in [1.165, 1.54) is 14.7 Å². The highest BCUT2D eigenvalue weighted by molar-refractivity contribution is 9.10. The van der Waals surface area contributed by atoms with Crippen molar-refractivity contribution in [2.45, 2.75) is 44.1 Å². The lowest BCUT2D eigenvalue weighted by Gasteiger charge is -2.29. The van der Waals surface area contributed by atoms with Gasteiger partial charge in [-0.15, -0.1) is 0 Å². The fraction of sp³-hybridized carbons (Fsp3) is 0.237. The number of aliphatic hydroxyl groups is 2. The van der Waals surface area contributed by atoms with Crippen LogP contribution in [-0.4, -0.2) is 75.2 Å². The fourth-order valence-corrected chi connectivity index (χ4v) is 8.11. The Balaban J connectivity index is 0.000000187. The van der Waals surface area contributed by atoms with Gasteiger partial charge in [0.1, 0.15) is 17.6 Å². The standard InChI is InChI=1S/C19H18BrCl2N3O3.C19H14BrCl2N3O2/c1-19(9-11-2-4-12(20)5-3-11)17(28)25(18(24-19)23-10-16(26)27)15-7-13(21)6-14(22)8-15;1-19(9-11-2-4-12(20)5-3-11)17(27)24(18-23-10-16(26)25(18)19)15-7-13(21)6-14(22)8-15/h2-8,16,26-27H,9-10H2,1H3,(H,23,24);2-8H,9-10H2,1H3/t2*19-/m11/s1. The number of hydrogen-bond acceptors (Lipinski definition) is 7. The zero-order valence-corrected chi connectivity index (χ0v) is 35.3. The average molecular weight is 954 g/mol. The zero-order valence-electron chi connectivity index (χ0n) is 29.1. The van der Waals surface area contributed by atoms with Crippen LogP contribution in [0.1, 0.15) is 25.0 Å². The van der Waals surface area contributed by atoms with Crippen molar-refractivity contribution in [3.05, 3.63) is 125 Å². The molecule has 0 saturated carbocycles. The minimum atomic E-state index is -1.63. The second kappa shape index (κ2) is 16.5. The molecule has 0 aliphatic carbocycles. The van der Waals surface area contributed by atoms with E-state index in [2.05, 4.69) is 47.2 Å². The first-order chi connectivity index (χ1) is 26.0. The lowest BCUT2D eigenvalue weighted by atomic mass is 9.91. The molecule has 286 valence electrons. The van der Waals surface area contributed by atoms with Crippen LogP contribution in [0.3, 0.4) is 0 Å². The van der Waals surface area contributed by atoms with Gasteiger partial charge in [0.15, 0.2) is 6.29 Å². The number of aliphatic hydroxyl groups excluding tert-OH is 1. The summed E-state index contributed by atoms with van der Waals surface area (Å²) in [6.07, 6.45) is -0.855. The predicted molar refractivity (Wildman–Crippen MR) is 223 cm³/mol. The van der Waals surface area contributed by atoms with Gasteiger partial charge >= 0.3 is 0 Å². The van der Waals surface area contributed by atoms with Crippen LogP contribution >= 0.6 is 78.3 Å². The van der Waals surface area contributed by atoms with Gasteiger partial charge < -0.3 is 15.5 Å². The van der Waals surface area contributed by atoms with Crippen LogP contribution < -0.4 is 15.1 Å². The fourth-order valence-electron chi connectivity index (χ4n) is 6.56. The Morgan fingerprint density at radius 2 is 1.22 bits per heavy atom. The number of rotatable bonds is 8. The predicted octanol–water partition coefficient (Wildman–Crippen LogP) is 7.66. The molecule has 0 spiro atoms. The Bertz CT molecular complexity index is 2190. The Hall–Kier alpha value is -3.53. The van der Waals surface area contributed by atoms with Gasteiger partial charge in [-0.3, -0.25) is 19.3 Å². The molecule has 0 aromatic heterocycles. The molecule has 4 aromatic rings. The number of hydrogen-bond donors (Lipinski definition) is 3. The maximum absolute atomic E-state index is 13.4. The highest BCUT2D eigenvalue weighted by Crippen LogP contribution is 2.39. The third-order valence-corrected chi connectivity index (χ3v) is 10.9. The van der Waals surface area contributed by atoms with Crippen LogP contribution in [0.2, 0.25) is 20.1 Å².